The fraction of sp³-hybridized carbons (Fsp3) is 0.882. The second-order valence-electron chi connectivity index (χ2n) is 13.2. The molecule has 4 rings (SSSR count). The lowest BCUT2D eigenvalue weighted by Crippen LogP contribution is -2.25. The molecule has 0 bridgehead atoms. The Morgan fingerprint density at radius 2 is 0.972 bits per heavy atom. The first-order valence-corrected chi connectivity index (χ1v) is 16.6. The molecule has 1 heterocycles. The van der Waals surface area contributed by atoms with Crippen molar-refractivity contribution < 1.29 is 0 Å². The average molecular weight is 495 g/mol. The molecule has 0 N–H and O–H groups in total. The zero-order valence-electron chi connectivity index (χ0n) is 24.1. The Bertz CT molecular complexity index is 688. The number of hydrogen-bond donors (Lipinski definition) is 0. The van der Waals surface area contributed by atoms with Crippen molar-refractivity contribution in [2.75, 3.05) is 0 Å². The zero-order chi connectivity index (χ0) is 25.0. The van der Waals surface area contributed by atoms with Crippen molar-refractivity contribution in [2.45, 2.75) is 167 Å². The number of aromatic nitrogens is 2. The maximum atomic E-state index is 4.94. The van der Waals surface area contributed by atoms with Crippen LogP contribution in [0.1, 0.15) is 178 Å². The molecule has 0 atom stereocenters. The average Bonchev–Trinajstić information content (AvgIpc) is 2.94. The third kappa shape index (κ3) is 8.56. The third-order valence-electron chi connectivity index (χ3n) is 10.6. The second kappa shape index (κ2) is 15.5. The van der Waals surface area contributed by atoms with Gasteiger partial charge in [-0.2, -0.15) is 0 Å². The van der Waals surface area contributed by atoms with Crippen LogP contribution in [0.25, 0.3) is 0 Å². The Kier molecular flexibility index (Phi) is 12.1. The van der Waals surface area contributed by atoms with Gasteiger partial charge < -0.3 is 0 Å². The first-order valence-electron chi connectivity index (χ1n) is 16.6. The molecule has 3 aliphatic rings. The molecule has 0 aromatic carbocycles. The normalized spacial score (nSPS) is 31.4. The van der Waals surface area contributed by atoms with Gasteiger partial charge in [0.05, 0.1) is 0 Å². The summed E-state index contributed by atoms with van der Waals surface area (Å²) in [5, 5.41) is 0. The summed E-state index contributed by atoms with van der Waals surface area (Å²) in [6.07, 6.45) is 35.9. The molecule has 0 amide bonds. The second-order valence-corrected chi connectivity index (χ2v) is 13.2. The SMILES string of the molecule is CCCCCCCC1CCC(c2ncc(C3CCC(C4CCC(CCCCC)CC4)CC3)cn2)CC1. The molecule has 3 fully saturated rings. The predicted octanol–water partition coefficient (Wildman–Crippen LogP) is 10.8. The van der Waals surface area contributed by atoms with Gasteiger partial charge in [0.15, 0.2) is 0 Å². The van der Waals surface area contributed by atoms with Gasteiger partial charge in [-0.05, 0) is 99.4 Å². The van der Waals surface area contributed by atoms with Crippen LogP contribution in [0.5, 0.6) is 0 Å². The predicted molar refractivity (Wildman–Crippen MR) is 154 cm³/mol. The van der Waals surface area contributed by atoms with E-state index in [1.54, 1.807) is 0 Å². The monoisotopic (exact) mass is 494 g/mol. The molecule has 2 nitrogen and oxygen atoms in total. The lowest BCUT2D eigenvalue weighted by molar-refractivity contribution is 0.155. The van der Waals surface area contributed by atoms with Crippen LogP contribution in [0, 0.1) is 23.7 Å². The van der Waals surface area contributed by atoms with Crippen LogP contribution in [0.3, 0.4) is 0 Å². The van der Waals surface area contributed by atoms with Gasteiger partial charge in [-0.3, -0.25) is 0 Å². The van der Waals surface area contributed by atoms with Gasteiger partial charge >= 0.3 is 0 Å². The van der Waals surface area contributed by atoms with Crippen LogP contribution in [0.15, 0.2) is 12.4 Å². The van der Waals surface area contributed by atoms with E-state index in [0.29, 0.717) is 11.8 Å². The minimum absolute atomic E-state index is 0.614. The molecular weight excluding hydrogens is 436 g/mol. The zero-order valence-corrected chi connectivity index (χ0v) is 24.1. The summed E-state index contributed by atoms with van der Waals surface area (Å²) in [6, 6.07) is 0. The number of nitrogens with zero attached hydrogens (tertiary/aromatic N) is 2. The molecule has 3 aliphatic carbocycles. The van der Waals surface area contributed by atoms with Crippen LogP contribution in [0.4, 0.5) is 0 Å². The Morgan fingerprint density at radius 1 is 0.528 bits per heavy atom. The lowest BCUT2D eigenvalue weighted by Gasteiger charge is -2.38. The van der Waals surface area contributed by atoms with Crippen molar-refractivity contribution in [3.05, 3.63) is 23.8 Å². The van der Waals surface area contributed by atoms with E-state index in [0.717, 1.165) is 29.5 Å². The van der Waals surface area contributed by atoms with Crippen molar-refractivity contribution in [3.63, 3.8) is 0 Å². The molecule has 0 radical (unpaired) electrons. The first kappa shape index (κ1) is 28.1. The first-order chi connectivity index (χ1) is 17.8. The Labute approximate surface area is 224 Å². The summed E-state index contributed by atoms with van der Waals surface area (Å²) in [5.41, 5.74) is 1.43. The highest BCUT2D eigenvalue weighted by molar-refractivity contribution is 5.14. The summed E-state index contributed by atoms with van der Waals surface area (Å²) in [4.78, 5) is 9.87. The number of rotatable bonds is 13. The molecule has 1 aromatic rings. The van der Waals surface area contributed by atoms with Crippen molar-refractivity contribution >= 4 is 0 Å². The molecule has 2 heteroatoms. The minimum Gasteiger partial charge on any atom is -0.241 e. The maximum Gasteiger partial charge on any atom is 0.131 e. The van der Waals surface area contributed by atoms with Gasteiger partial charge in [0.2, 0.25) is 0 Å². The highest BCUT2D eigenvalue weighted by atomic mass is 14.9. The van der Waals surface area contributed by atoms with Crippen molar-refractivity contribution in [3.8, 4) is 0 Å². The molecule has 3 saturated carbocycles. The minimum atomic E-state index is 0.614. The molecule has 0 aliphatic heterocycles. The summed E-state index contributed by atoms with van der Waals surface area (Å²) < 4.78 is 0. The van der Waals surface area contributed by atoms with Gasteiger partial charge in [-0.1, -0.05) is 90.9 Å². The Hall–Kier alpha value is -0.920. The molecule has 0 unspecified atom stereocenters. The fourth-order valence-corrected chi connectivity index (χ4v) is 8.07. The number of hydrogen-bond acceptors (Lipinski definition) is 2. The molecule has 0 spiro atoms. The van der Waals surface area contributed by atoms with Crippen molar-refractivity contribution in [1.82, 2.24) is 9.97 Å². The quantitative estimate of drug-likeness (QED) is 0.255. The van der Waals surface area contributed by atoms with Crippen LogP contribution in [-0.2, 0) is 0 Å². The highest BCUT2D eigenvalue weighted by Crippen LogP contribution is 2.44. The maximum absolute atomic E-state index is 4.94. The summed E-state index contributed by atoms with van der Waals surface area (Å²) in [6.45, 7) is 4.64. The third-order valence-corrected chi connectivity index (χ3v) is 10.6. The van der Waals surface area contributed by atoms with E-state index in [1.165, 1.54) is 147 Å². The topological polar surface area (TPSA) is 25.8 Å². The number of unbranched alkanes of at least 4 members (excludes halogenated alkanes) is 6. The largest absolute Gasteiger partial charge is 0.241 e. The molecule has 204 valence electrons. The standard InChI is InChI=1S/C34H58N2/c1-3-5-7-8-10-12-28-15-19-32(20-16-28)34-35-25-33(26-36-34)31-23-21-30(22-24-31)29-17-13-27(14-18-29)11-9-6-4-2/h25-32H,3-24H2,1-2H3. The van der Waals surface area contributed by atoms with Crippen molar-refractivity contribution in [1.29, 1.82) is 0 Å². The van der Waals surface area contributed by atoms with Gasteiger partial charge in [0.1, 0.15) is 5.82 Å². The van der Waals surface area contributed by atoms with Gasteiger partial charge in [-0.15, -0.1) is 0 Å². The summed E-state index contributed by atoms with van der Waals surface area (Å²) >= 11 is 0. The Morgan fingerprint density at radius 3 is 1.56 bits per heavy atom. The van der Waals surface area contributed by atoms with E-state index in [2.05, 4.69) is 26.2 Å². The van der Waals surface area contributed by atoms with Crippen LogP contribution >= 0.6 is 0 Å². The summed E-state index contributed by atoms with van der Waals surface area (Å²) in [7, 11) is 0. The van der Waals surface area contributed by atoms with Gasteiger partial charge in [0.25, 0.3) is 0 Å². The van der Waals surface area contributed by atoms with E-state index in [-0.39, 0.29) is 0 Å². The van der Waals surface area contributed by atoms with E-state index in [1.807, 2.05) is 0 Å². The van der Waals surface area contributed by atoms with Crippen molar-refractivity contribution in [2.24, 2.45) is 23.7 Å². The van der Waals surface area contributed by atoms with Gasteiger partial charge in [-0.25, -0.2) is 9.97 Å². The van der Waals surface area contributed by atoms with E-state index >= 15 is 0 Å². The lowest BCUT2D eigenvalue weighted by atomic mass is 9.68. The molecule has 0 saturated heterocycles. The fourth-order valence-electron chi connectivity index (χ4n) is 8.07. The molecule has 36 heavy (non-hydrogen) atoms. The summed E-state index contributed by atoms with van der Waals surface area (Å²) in [5.74, 6) is 6.51. The Balaban J connectivity index is 1.13. The van der Waals surface area contributed by atoms with Crippen LogP contribution < -0.4 is 0 Å². The van der Waals surface area contributed by atoms with E-state index in [4.69, 9.17) is 9.97 Å². The van der Waals surface area contributed by atoms with Crippen LogP contribution in [0.2, 0.25) is 0 Å². The van der Waals surface area contributed by atoms with Crippen LogP contribution in [-0.4, -0.2) is 9.97 Å². The molecular formula is C34H58N2. The van der Waals surface area contributed by atoms with E-state index < -0.39 is 0 Å². The smallest absolute Gasteiger partial charge is 0.131 e. The molecule has 1 aromatic heterocycles. The highest BCUT2D eigenvalue weighted by Gasteiger charge is 2.31. The van der Waals surface area contributed by atoms with E-state index in [9.17, 15) is 0 Å². The van der Waals surface area contributed by atoms with Gasteiger partial charge in [0, 0.05) is 18.3 Å².